The molecule has 0 aliphatic carbocycles. The molecular weight excluding hydrogens is 290 g/mol. The predicted octanol–water partition coefficient (Wildman–Crippen LogP) is 4.15. The van der Waals surface area contributed by atoms with Gasteiger partial charge in [-0.05, 0) is 12.1 Å². The highest BCUT2D eigenvalue weighted by Gasteiger charge is 2.10. The van der Waals surface area contributed by atoms with Gasteiger partial charge in [-0.15, -0.1) is 0 Å². The van der Waals surface area contributed by atoms with E-state index in [0.29, 0.717) is 16.4 Å². The van der Waals surface area contributed by atoms with Gasteiger partial charge in [0.15, 0.2) is 0 Å². The van der Waals surface area contributed by atoms with Gasteiger partial charge in [0.05, 0.1) is 5.02 Å². The van der Waals surface area contributed by atoms with Gasteiger partial charge < -0.3 is 10.1 Å². The first-order valence-corrected chi connectivity index (χ1v) is 6.27. The first-order chi connectivity index (χ1) is 9.11. The maximum atomic E-state index is 13.4. The molecule has 0 radical (unpaired) electrons. The molecule has 0 fully saturated rings. The predicted molar refractivity (Wildman–Crippen MR) is 74.5 cm³/mol. The summed E-state index contributed by atoms with van der Waals surface area (Å²) in [5.74, 6) is 0.328. The van der Waals surface area contributed by atoms with Crippen molar-refractivity contribution in [1.29, 1.82) is 0 Å². The van der Waals surface area contributed by atoms with Crippen LogP contribution in [0.4, 0.5) is 10.2 Å². The van der Waals surface area contributed by atoms with Crippen molar-refractivity contribution in [3.8, 4) is 5.88 Å². The molecule has 1 aromatic carbocycles. The van der Waals surface area contributed by atoms with Gasteiger partial charge >= 0.3 is 0 Å². The Morgan fingerprint density at radius 3 is 2.68 bits per heavy atom. The molecular formula is C13H11Cl2FN2O. The highest BCUT2D eigenvalue weighted by Crippen LogP contribution is 2.30. The molecule has 19 heavy (non-hydrogen) atoms. The van der Waals surface area contributed by atoms with E-state index in [4.69, 9.17) is 27.9 Å². The third kappa shape index (κ3) is 3.28. The van der Waals surface area contributed by atoms with Gasteiger partial charge in [0, 0.05) is 12.6 Å². The molecule has 0 spiro atoms. The summed E-state index contributed by atoms with van der Waals surface area (Å²) in [6, 6.07) is 7.88. The monoisotopic (exact) mass is 300 g/mol. The van der Waals surface area contributed by atoms with Gasteiger partial charge in [0.2, 0.25) is 5.88 Å². The van der Waals surface area contributed by atoms with Crippen LogP contribution in [0.1, 0.15) is 5.56 Å². The molecule has 0 saturated heterocycles. The van der Waals surface area contributed by atoms with Crippen LogP contribution in [0, 0.1) is 5.82 Å². The van der Waals surface area contributed by atoms with Crippen LogP contribution in [0.15, 0.2) is 30.3 Å². The minimum atomic E-state index is -0.332. The summed E-state index contributed by atoms with van der Waals surface area (Å²) in [4.78, 5) is 4.12. The van der Waals surface area contributed by atoms with Crippen molar-refractivity contribution in [2.24, 2.45) is 0 Å². The second-order valence-corrected chi connectivity index (χ2v) is 4.55. The highest BCUT2D eigenvalue weighted by molar-refractivity contribution is 6.36. The maximum absolute atomic E-state index is 13.4. The van der Waals surface area contributed by atoms with E-state index >= 15 is 0 Å². The fourth-order valence-corrected chi connectivity index (χ4v) is 2.00. The number of aromatic nitrogens is 1. The Hall–Kier alpha value is -1.52. The van der Waals surface area contributed by atoms with Crippen LogP contribution in [0.2, 0.25) is 10.0 Å². The smallest absolute Gasteiger partial charge is 0.235 e. The summed E-state index contributed by atoms with van der Waals surface area (Å²) in [6.07, 6.45) is 0. The number of rotatable bonds is 4. The van der Waals surface area contributed by atoms with Crippen molar-refractivity contribution in [3.63, 3.8) is 0 Å². The average molecular weight is 301 g/mol. The van der Waals surface area contributed by atoms with E-state index in [9.17, 15) is 4.39 Å². The molecule has 0 bridgehead atoms. The Labute approximate surface area is 120 Å². The zero-order chi connectivity index (χ0) is 13.8. The number of benzene rings is 1. The molecule has 3 nitrogen and oxygen atoms in total. The second kappa shape index (κ2) is 6.08. The summed E-state index contributed by atoms with van der Waals surface area (Å²) in [7, 11) is 1.68. The van der Waals surface area contributed by atoms with Crippen LogP contribution in [0.25, 0.3) is 0 Å². The van der Waals surface area contributed by atoms with Gasteiger partial charge in [-0.2, -0.15) is 4.98 Å². The summed E-state index contributed by atoms with van der Waals surface area (Å²) < 4.78 is 18.9. The Balaban J connectivity index is 2.18. The molecule has 100 valence electrons. The van der Waals surface area contributed by atoms with E-state index in [1.165, 1.54) is 12.1 Å². The first kappa shape index (κ1) is 13.9. The van der Waals surface area contributed by atoms with Gasteiger partial charge in [-0.25, -0.2) is 4.39 Å². The SMILES string of the molecule is CNc1nc(OCc2ccccc2F)c(Cl)cc1Cl. The Morgan fingerprint density at radius 2 is 2.00 bits per heavy atom. The van der Waals surface area contributed by atoms with Crippen molar-refractivity contribution < 1.29 is 9.13 Å². The molecule has 0 atom stereocenters. The van der Waals surface area contributed by atoms with Gasteiger partial charge in [-0.3, -0.25) is 0 Å². The lowest BCUT2D eigenvalue weighted by molar-refractivity contribution is 0.288. The molecule has 1 aromatic heterocycles. The summed E-state index contributed by atoms with van der Waals surface area (Å²) in [5.41, 5.74) is 0.432. The number of pyridine rings is 1. The zero-order valence-corrected chi connectivity index (χ0v) is 11.6. The number of nitrogens with one attached hydrogen (secondary N) is 1. The number of ether oxygens (including phenoxy) is 1. The average Bonchev–Trinajstić information content (AvgIpc) is 2.39. The third-order valence-corrected chi connectivity index (χ3v) is 3.02. The zero-order valence-electron chi connectivity index (χ0n) is 10.1. The lowest BCUT2D eigenvalue weighted by Gasteiger charge is -2.10. The maximum Gasteiger partial charge on any atom is 0.235 e. The van der Waals surface area contributed by atoms with Crippen molar-refractivity contribution in [1.82, 2.24) is 4.98 Å². The fourth-order valence-electron chi connectivity index (χ4n) is 1.49. The van der Waals surface area contributed by atoms with E-state index in [2.05, 4.69) is 10.3 Å². The lowest BCUT2D eigenvalue weighted by atomic mass is 10.2. The molecule has 2 aromatic rings. The van der Waals surface area contributed by atoms with E-state index < -0.39 is 0 Å². The molecule has 0 aliphatic rings. The minimum absolute atomic E-state index is 0.0458. The van der Waals surface area contributed by atoms with Crippen LogP contribution in [-0.2, 0) is 6.61 Å². The molecule has 0 unspecified atom stereocenters. The molecule has 6 heteroatoms. The van der Waals surface area contributed by atoms with Gasteiger partial charge in [0.25, 0.3) is 0 Å². The Bertz CT molecular complexity index is 593. The van der Waals surface area contributed by atoms with Crippen LogP contribution in [0.3, 0.4) is 0 Å². The number of anilines is 1. The summed E-state index contributed by atoms with van der Waals surface area (Å²) in [5, 5.41) is 3.49. The van der Waals surface area contributed by atoms with Crippen molar-refractivity contribution in [2.45, 2.75) is 6.61 Å². The van der Waals surface area contributed by atoms with Crippen LogP contribution >= 0.6 is 23.2 Å². The highest BCUT2D eigenvalue weighted by atomic mass is 35.5. The van der Waals surface area contributed by atoms with Gasteiger partial charge in [0.1, 0.15) is 23.3 Å². The van der Waals surface area contributed by atoms with E-state index in [-0.39, 0.29) is 23.3 Å². The first-order valence-electron chi connectivity index (χ1n) is 5.52. The Morgan fingerprint density at radius 1 is 1.26 bits per heavy atom. The molecule has 0 aliphatic heterocycles. The van der Waals surface area contributed by atoms with E-state index in [1.807, 2.05) is 0 Å². The standard InChI is InChI=1S/C13H11Cl2FN2O/c1-17-12-9(14)6-10(15)13(18-12)19-7-8-4-2-3-5-11(8)16/h2-6H,7H2,1H3,(H,17,18). The van der Waals surface area contributed by atoms with Crippen molar-refractivity contribution in [3.05, 3.63) is 51.8 Å². The number of nitrogens with zero attached hydrogens (tertiary/aromatic N) is 1. The number of hydrogen-bond donors (Lipinski definition) is 1. The van der Waals surface area contributed by atoms with E-state index in [0.717, 1.165) is 0 Å². The number of halogens is 3. The van der Waals surface area contributed by atoms with Gasteiger partial charge in [-0.1, -0.05) is 41.4 Å². The third-order valence-electron chi connectivity index (χ3n) is 2.46. The molecule has 1 heterocycles. The van der Waals surface area contributed by atoms with Crippen LogP contribution in [-0.4, -0.2) is 12.0 Å². The second-order valence-electron chi connectivity index (χ2n) is 3.74. The topological polar surface area (TPSA) is 34.2 Å². The number of hydrogen-bond acceptors (Lipinski definition) is 3. The molecule has 0 saturated carbocycles. The summed E-state index contributed by atoms with van der Waals surface area (Å²) >= 11 is 11.9. The molecule has 2 rings (SSSR count). The Kier molecular flexibility index (Phi) is 4.45. The van der Waals surface area contributed by atoms with Crippen LogP contribution < -0.4 is 10.1 Å². The normalized spacial score (nSPS) is 10.3. The largest absolute Gasteiger partial charge is 0.472 e. The molecule has 0 amide bonds. The van der Waals surface area contributed by atoms with Crippen molar-refractivity contribution in [2.75, 3.05) is 12.4 Å². The van der Waals surface area contributed by atoms with Crippen LogP contribution in [0.5, 0.6) is 5.88 Å². The van der Waals surface area contributed by atoms with Crippen molar-refractivity contribution >= 4 is 29.0 Å². The fraction of sp³-hybridized carbons (Fsp3) is 0.154. The summed E-state index contributed by atoms with van der Waals surface area (Å²) in [6.45, 7) is 0.0458. The quantitative estimate of drug-likeness (QED) is 0.921. The van der Waals surface area contributed by atoms with E-state index in [1.54, 1.807) is 25.2 Å². The molecule has 1 N–H and O–H groups in total. The minimum Gasteiger partial charge on any atom is -0.472 e. The lowest BCUT2D eigenvalue weighted by Crippen LogP contribution is -2.02.